The number of nitrogens with one attached hydrogen (secondary N) is 1. The van der Waals surface area contributed by atoms with Gasteiger partial charge in [-0.3, -0.25) is 0 Å². The van der Waals surface area contributed by atoms with E-state index in [1.807, 2.05) is 12.1 Å². The number of benzene rings is 2. The van der Waals surface area contributed by atoms with Gasteiger partial charge in [-0.2, -0.15) is 0 Å². The average molecular weight is 481 g/mol. The molecule has 0 bridgehead atoms. The average Bonchev–Trinajstić information content (AvgIpc) is 2.88. The third-order valence-corrected chi connectivity index (χ3v) is 8.99. The van der Waals surface area contributed by atoms with E-state index in [1.165, 1.54) is 49.7 Å². The molecule has 1 atom stereocenters. The van der Waals surface area contributed by atoms with Gasteiger partial charge in [0, 0.05) is 10.3 Å². The maximum atomic E-state index is 12.3. The summed E-state index contributed by atoms with van der Waals surface area (Å²) in [7, 11) is 1.38. The molecule has 182 valence electrons. The van der Waals surface area contributed by atoms with E-state index in [4.69, 9.17) is 10.5 Å². The van der Waals surface area contributed by atoms with Crippen LogP contribution in [0, 0.1) is 5.41 Å². The van der Waals surface area contributed by atoms with Gasteiger partial charge in [0.05, 0.1) is 18.7 Å². The van der Waals surface area contributed by atoms with Gasteiger partial charge in [-0.15, -0.1) is 11.8 Å². The summed E-state index contributed by atoms with van der Waals surface area (Å²) in [6.45, 7) is 0. The van der Waals surface area contributed by atoms with Crippen molar-refractivity contribution in [2.75, 3.05) is 13.4 Å². The van der Waals surface area contributed by atoms with Crippen LogP contribution in [-0.2, 0) is 10.2 Å². The lowest BCUT2D eigenvalue weighted by atomic mass is 9.54. The van der Waals surface area contributed by atoms with Gasteiger partial charge in [-0.1, -0.05) is 43.5 Å². The maximum absolute atomic E-state index is 12.3. The molecule has 0 heterocycles. The zero-order valence-electron chi connectivity index (χ0n) is 20.3. The molecule has 0 radical (unpaired) electrons. The summed E-state index contributed by atoms with van der Waals surface area (Å²) in [6.07, 6.45) is 13.0. The fourth-order valence-corrected chi connectivity index (χ4v) is 6.78. The van der Waals surface area contributed by atoms with Crippen LogP contribution < -0.4 is 11.1 Å². The van der Waals surface area contributed by atoms with Gasteiger partial charge >= 0.3 is 12.0 Å². The Morgan fingerprint density at radius 2 is 1.65 bits per heavy atom. The van der Waals surface area contributed by atoms with Crippen molar-refractivity contribution in [3.63, 3.8) is 0 Å². The van der Waals surface area contributed by atoms with Crippen molar-refractivity contribution in [3.05, 3.63) is 65.2 Å². The second-order valence-corrected chi connectivity index (χ2v) is 10.9. The zero-order chi connectivity index (χ0) is 24.2. The first-order valence-electron chi connectivity index (χ1n) is 12.3. The smallest absolute Gasteiger partial charge is 0.337 e. The molecule has 0 aromatic heterocycles. The van der Waals surface area contributed by atoms with Gasteiger partial charge < -0.3 is 15.8 Å². The highest BCUT2D eigenvalue weighted by Gasteiger charge is 2.49. The lowest BCUT2D eigenvalue weighted by Crippen LogP contribution is -2.49. The molecule has 2 aromatic rings. The summed E-state index contributed by atoms with van der Waals surface area (Å²) >= 11 is 1.73. The van der Waals surface area contributed by atoms with Crippen LogP contribution in [0.3, 0.4) is 0 Å². The van der Waals surface area contributed by atoms with E-state index in [0.717, 1.165) is 31.2 Å². The van der Waals surface area contributed by atoms with Crippen LogP contribution in [0.4, 0.5) is 4.79 Å². The first kappa shape index (κ1) is 24.6. The minimum absolute atomic E-state index is 0.268. The normalized spacial score (nSPS) is 19.8. The van der Waals surface area contributed by atoms with Crippen LogP contribution in [0.2, 0.25) is 0 Å². The molecule has 2 aromatic carbocycles. The van der Waals surface area contributed by atoms with Crippen LogP contribution in [0.25, 0.3) is 0 Å². The number of hydrogen-bond acceptors (Lipinski definition) is 4. The van der Waals surface area contributed by atoms with Crippen molar-refractivity contribution in [2.24, 2.45) is 11.1 Å². The van der Waals surface area contributed by atoms with Crippen molar-refractivity contribution in [3.8, 4) is 0 Å². The highest BCUT2D eigenvalue weighted by Crippen LogP contribution is 2.57. The number of urea groups is 1. The maximum Gasteiger partial charge on any atom is 0.337 e. The molecule has 1 unspecified atom stereocenters. The Morgan fingerprint density at radius 1 is 0.971 bits per heavy atom. The second kappa shape index (κ2) is 10.4. The highest BCUT2D eigenvalue weighted by molar-refractivity contribution is 7.98. The Hall–Kier alpha value is -2.47. The van der Waals surface area contributed by atoms with Crippen molar-refractivity contribution >= 4 is 23.8 Å². The molecule has 1 spiro atoms. The molecule has 2 aliphatic carbocycles. The fourth-order valence-electron chi connectivity index (χ4n) is 6.32. The van der Waals surface area contributed by atoms with Crippen molar-refractivity contribution in [1.82, 2.24) is 5.32 Å². The number of esters is 1. The van der Waals surface area contributed by atoms with Gasteiger partial charge in [-0.25, -0.2) is 9.59 Å². The van der Waals surface area contributed by atoms with E-state index in [9.17, 15) is 9.59 Å². The van der Waals surface area contributed by atoms with Crippen molar-refractivity contribution in [2.45, 2.75) is 74.1 Å². The number of primary amides is 1. The van der Waals surface area contributed by atoms with E-state index < -0.39 is 6.03 Å². The van der Waals surface area contributed by atoms with E-state index in [2.05, 4.69) is 35.8 Å². The Bertz CT molecular complexity index is 1000. The van der Waals surface area contributed by atoms with Crippen LogP contribution in [-0.4, -0.2) is 25.4 Å². The molecular formula is C28H36N2O3S. The number of hydrogen-bond donors (Lipinski definition) is 2. The molecule has 6 heteroatoms. The molecule has 0 saturated heterocycles. The first-order valence-corrected chi connectivity index (χ1v) is 13.5. The summed E-state index contributed by atoms with van der Waals surface area (Å²) in [4.78, 5) is 25.5. The number of carbonyl (C=O) groups excluding carboxylic acids is 2. The largest absolute Gasteiger partial charge is 0.465 e. The SMILES string of the molecule is COC(=O)c1ccc(C(NC(N)=O)C2(c3cccc(SC)c3)CCC3(CCCCC3)CC2)cc1. The number of amides is 2. The van der Waals surface area contributed by atoms with Gasteiger partial charge in [-0.05, 0) is 85.6 Å². The van der Waals surface area contributed by atoms with Gasteiger partial charge in [0.15, 0.2) is 0 Å². The van der Waals surface area contributed by atoms with Crippen LogP contribution in [0.15, 0.2) is 53.4 Å². The molecule has 2 fully saturated rings. The molecule has 2 aliphatic rings. The summed E-state index contributed by atoms with van der Waals surface area (Å²) in [5.74, 6) is -0.370. The third kappa shape index (κ3) is 4.97. The predicted octanol–water partition coefficient (Wildman–Crippen LogP) is 6.37. The summed E-state index contributed by atoms with van der Waals surface area (Å²) < 4.78 is 4.86. The fraction of sp³-hybridized carbons (Fsp3) is 0.500. The molecular weight excluding hydrogens is 444 g/mol. The third-order valence-electron chi connectivity index (χ3n) is 8.27. The molecule has 3 N–H and O–H groups in total. The predicted molar refractivity (Wildman–Crippen MR) is 137 cm³/mol. The number of rotatable bonds is 6. The lowest BCUT2D eigenvalue weighted by molar-refractivity contribution is 0.0599. The summed E-state index contributed by atoms with van der Waals surface area (Å²) in [5, 5.41) is 3.11. The Balaban J connectivity index is 1.77. The minimum atomic E-state index is -0.527. The molecule has 5 nitrogen and oxygen atoms in total. The number of ether oxygens (including phenoxy) is 1. The number of thioether (sulfide) groups is 1. The lowest BCUT2D eigenvalue weighted by Gasteiger charge is -2.52. The molecule has 4 rings (SSSR count). The highest BCUT2D eigenvalue weighted by atomic mass is 32.2. The molecule has 34 heavy (non-hydrogen) atoms. The van der Waals surface area contributed by atoms with Gasteiger partial charge in [0.2, 0.25) is 0 Å². The van der Waals surface area contributed by atoms with Gasteiger partial charge in [0.1, 0.15) is 0 Å². The molecule has 2 saturated carbocycles. The van der Waals surface area contributed by atoms with Crippen molar-refractivity contribution in [1.29, 1.82) is 0 Å². The Kier molecular flexibility index (Phi) is 7.56. The van der Waals surface area contributed by atoms with E-state index in [-0.39, 0.29) is 17.4 Å². The van der Waals surface area contributed by atoms with E-state index >= 15 is 0 Å². The van der Waals surface area contributed by atoms with Crippen LogP contribution in [0.1, 0.15) is 85.3 Å². The Morgan fingerprint density at radius 3 is 2.24 bits per heavy atom. The van der Waals surface area contributed by atoms with Crippen LogP contribution >= 0.6 is 11.8 Å². The quantitative estimate of drug-likeness (QED) is 0.372. The van der Waals surface area contributed by atoms with Crippen molar-refractivity contribution < 1.29 is 14.3 Å². The monoisotopic (exact) mass is 480 g/mol. The standard InChI is InChI=1S/C28H36N2O3S/c1-33-25(31)21-11-9-20(10-12-21)24(30-26(29)32)28(22-7-6-8-23(19-22)34-2)17-15-27(16-18-28)13-4-3-5-14-27/h6-12,19,24H,3-5,13-18H2,1-2H3,(H3,29,30,32). The summed E-state index contributed by atoms with van der Waals surface area (Å²) in [5.41, 5.74) is 8.61. The first-order chi connectivity index (χ1) is 16.4. The molecule has 0 aliphatic heterocycles. The number of nitrogens with two attached hydrogens (primary N) is 1. The number of carbonyl (C=O) groups is 2. The second-order valence-electron chi connectivity index (χ2n) is 10.0. The topological polar surface area (TPSA) is 81.4 Å². The number of methoxy groups -OCH3 is 1. The molecule has 2 amide bonds. The Labute approximate surface area is 207 Å². The van der Waals surface area contributed by atoms with Crippen LogP contribution in [0.5, 0.6) is 0 Å². The summed E-state index contributed by atoms with van der Waals surface area (Å²) in [6, 6.07) is 15.3. The minimum Gasteiger partial charge on any atom is -0.465 e. The van der Waals surface area contributed by atoms with E-state index in [1.54, 1.807) is 23.9 Å². The van der Waals surface area contributed by atoms with E-state index in [0.29, 0.717) is 11.0 Å². The van der Waals surface area contributed by atoms with Gasteiger partial charge in [0.25, 0.3) is 0 Å². The zero-order valence-corrected chi connectivity index (χ0v) is 21.1.